The number of amides is 1. The van der Waals surface area contributed by atoms with E-state index < -0.39 is 6.04 Å². The summed E-state index contributed by atoms with van der Waals surface area (Å²) in [6.07, 6.45) is 0.984. The summed E-state index contributed by atoms with van der Waals surface area (Å²) in [5.41, 5.74) is 1.25. The minimum absolute atomic E-state index is 0.103. The second-order valence-corrected chi connectivity index (χ2v) is 4.37. The van der Waals surface area contributed by atoms with Crippen LogP contribution in [0.4, 0.5) is 5.69 Å². The van der Waals surface area contributed by atoms with Crippen LogP contribution in [-0.2, 0) is 4.79 Å². The standard InChI is InChI=1S/C14H14N4O/c15-6-5-13-14(19)18(8-2-7-17-13)12-4-1-3-11(9-12)10-16/h1,3-4,9,13,17H,2,5,7-8H2. The first-order valence-electron chi connectivity index (χ1n) is 6.18. The number of rotatable bonds is 2. The van der Waals surface area contributed by atoms with E-state index in [9.17, 15) is 4.79 Å². The van der Waals surface area contributed by atoms with E-state index in [-0.39, 0.29) is 12.3 Å². The van der Waals surface area contributed by atoms with E-state index in [1.54, 1.807) is 23.1 Å². The number of carbonyl (C=O) groups excluding carboxylic acids is 1. The van der Waals surface area contributed by atoms with Crippen LogP contribution in [0, 0.1) is 22.7 Å². The van der Waals surface area contributed by atoms with E-state index in [2.05, 4.69) is 11.4 Å². The van der Waals surface area contributed by atoms with E-state index in [1.165, 1.54) is 0 Å². The van der Waals surface area contributed by atoms with Gasteiger partial charge in [0.15, 0.2) is 0 Å². The molecule has 19 heavy (non-hydrogen) atoms. The SMILES string of the molecule is N#CCC1NCCCN(c2cccc(C#N)c2)C1=O. The van der Waals surface area contributed by atoms with Gasteiger partial charge in [0, 0.05) is 12.2 Å². The molecule has 0 spiro atoms. The number of hydrogen-bond donors (Lipinski definition) is 1. The predicted molar refractivity (Wildman–Crippen MR) is 70.1 cm³/mol. The Hall–Kier alpha value is -2.37. The van der Waals surface area contributed by atoms with E-state index in [4.69, 9.17) is 10.5 Å². The van der Waals surface area contributed by atoms with Gasteiger partial charge in [0.05, 0.1) is 24.1 Å². The molecule has 1 aliphatic rings. The molecule has 1 amide bonds. The first-order chi connectivity index (χ1) is 9.26. The van der Waals surface area contributed by atoms with Crippen molar-refractivity contribution in [3.63, 3.8) is 0 Å². The molecule has 1 aliphatic heterocycles. The zero-order valence-electron chi connectivity index (χ0n) is 10.5. The van der Waals surface area contributed by atoms with Crippen LogP contribution in [0.15, 0.2) is 24.3 Å². The highest BCUT2D eigenvalue weighted by Crippen LogP contribution is 2.19. The Morgan fingerprint density at radius 1 is 1.42 bits per heavy atom. The molecule has 2 rings (SSSR count). The molecule has 0 saturated carbocycles. The van der Waals surface area contributed by atoms with Crippen molar-refractivity contribution in [3.8, 4) is 12.1 Å². The maximum Gasteiger partial charge on any atom is 0.245 e. The Morgan fingerprint density at radius 3 is 3.00 bits per heavy atom. The van der Waals surface area contributed by atoms with Gasteiger partial charge in [0.25, 0.3) is 0 Å². The van der Waals surface area contributed by atoms with Crippen LogP contribution in [0.5, 0.6) is 0 Å². The van der Waals surface area contributed by atoms with Crippen LogP contribution in [0.3, 0.4) is 0 Å². The van der Waals surface area contributed by atoms with Crippen LogP contribution in [0.25, 0.3) is 0 Å². The highest BCUT2D eigenvalue weighted by Gasteiger charge is 2.27. The van der Waals surface area contributed by atoms with Crippen molar-refractivity contribution in [1.82, 2.24) is 5.32 Å². The Labute approximate surface area is 112 Å². The zero-order valence-corrected chi connectivity index (χ0v) is 10.5. The Bertz CT molecular complexity index is 555. The zero-order chi connectivity index (χ0) is 13.7. The van der Waals surface area contributed by atoms with Gasteiger partial charge < -0.3 is 10.2 Å². The quantitative estimate of drug-likeness (QED) is 0.859. The average Bonchev–Trinajstić information content (AvgIpc) is 2.62. The second kappa shape index (κ2) is 5.99. The molecule has 5 heteroatoms. The number of benzene rings is 1. The van der Waals surface area contributed by atoms with Crippen molar-refractivity contribution in [2.75, 3.05) is 18.0 Å². The first-order valence-corrected chi connectivity index (χ1v) is 6.18. The second-order valence-electron chi connectivity index (χ2n) is 4.37. The molecule has 0 aliphatic carbocycles. The summed E-state index contributed by atoms with van der Waals surface area (Å²) in [7, 11) is 0. The summed E-state index contributed by atoms with van der Waals surface area (Å²) in [4.78, 5) is 14.0. The van der Waals surface area contributed by atoms with Gasteiger partial charge in [-0.3, -0.25) is 4.79 Å². The van der Waals surface area contributed by atoms with Crippen molar-refractivity contribution >= 4 is 11.6 Å². The number of anilines is 1. The number of nitrogens with one attached hydrogen (secondary N) is 1. The van der Waals surface area contributed by atoms with E-state index >= 15 is 0 Å². The number of carbonyl (C=O) groups is 1. The van der Waals surface area contributed by atoms with Gasteiger partial charge in [-0.25, -0.2) is 0 Å². The lowest BCUT2D eigenvalue weighted by Crippen LogP contribution is -2.43. The van der Waals surface area contributed by atoms with Crippen LogP contribution in [0.2, 0.25) is 0 Å². The minimum Gasteiger partial charge on any atom is -0.311 e. The van der Waals surface area contributed by atoms with Crippen LogP contribution in [-0.4, -0.2) is 25.0 Å². The van der Waals surface area contributed by atoms with Gasteiger partial charge in [0.2, 0.25) is 5.91 Å². The average molecular weight is 254 g/mol. The number of nitriles is 2. The third kappa shape index (κ3) is 2.90. The van der Waals surface area contributed by atoms with E-state index in [0.29, 0.717) is 18.7 Å². The summed E-state index contributed by atoms with van der Waals surface area (Å²) >= 11 is 0. The molecule has 1 saturated heterocycles. The summed E-state index contributed by atoms with van der Waals surface area (Å²) < 4.78 is 0. The molecule has 5 nitrogen and oxygen atoms in total. The van der Waals surface area contributed by atoms with Gasteiger partial charge >= 0.3 is 0 Å². The van der Waals surface area contributed by atoms with Crippen LogP contribution < -0.4 is 10.2 Å². The van der Waals surface area contributed by atoms with Crippen LogP contribution in [0.1, 0.15) is 18.4 Å². The Kier molecular flexibility index (Phi) is 4.12. The highest BCUT2D eigenvalue weighted by atomic mass is 16.2. The molecule has 0 radical (unpaired) electrons. The molecule has 0 aromatic heterocycles. The van der Waals surface area contributed by atoms with Gasteiger partial charge in [-0.1, -0.05) is 6.07 Å². The molecule has 1 atom stereocenters. The number of hydrogen-bond acceptors (Lipinski definition) is 4. The molecule has 1 aromatic carbocycles. The summed E-state index contributed by atoms with van der Waals surface area (Å²) in [6.45, 7) is 1.31. The lowest BCUT2D eigenvalue weighted by atomic mass is 10.1. The summed E-state index contributed by atoms with van der Waals surface area (Å²) in [6, 6.07) is 10.6. The van der Waals surface area contributed by atoms with Gasteiger partial charge in [0.1, 0.15) is 6.04 Å². The van der Waals surface area contributed by atoms with Crippen LogP contribution >= 0.6 is 0 Å². The minimum atomic E-state index is -0.460. The van der Waals surface area contributed by atoms with E-state index in [0.717, 1.165) is 12.1 Å². The van der Waals surface area contributed by atoms with E-state index in [1.807, 2.05) is 12.1 Å². The third-order valence-corrected chi connectivity index (χ3v) is 3.10. The van der Waals surface area contributed by atoms with Crippen molar-refractivity contribution < 1.29 is 4.79 Å². The smallest absolute Gasteiger partial charge is 0.245 e. The molecule has 0 bridgehead atoms. The predicted octanol–water partition coefficient (Wildman–Crippen LogP) is 1.17. The molecule has 96 valence electrons. The normalized spacial score (nSPS) is 19.4. The summed E-state index contributed by atoms with van der Waals surface area (Å²) in [5.74, 6) is -0.103. The fraction of sp³-hybridized carbons (Fsp3) is 0.357. The molecule has 1 heterocycles. The Morgan fingerprint density at radius 2 is 2.26 bits per heavy atom. The van der Waals surface area contributed by atoms with Crippen molar-refractivity contribution in [2.24, 2.45) is 0 Å². The van der Waals surface area contributed by atoms with Crippen molar-refractivity contribution in [1.29, 1.82) is 10.5 Å². The molecular formula is C14H14N4O. The van der Waals surface area contributed by atoms with Gasteiger partial charge in [-0.2, -0.15) is 10.5 Å². The third-order valence-electron chi connectivity index (χ3n) is 3.10. The molecule has 1 fully saturated rings. The fourth-order valence-electron chi connectivity index (χ4n) is 2.15. The van der Waals surface area contributed by atoms with Gasteiger partial charge in [-0.15, -0.1) is 0 Å². The van der Waals surface area contributed by atoms with Gasteiger partial charge in [-0.05, 0) is 31.2 Å². The molecule has 1 aromatic rings. The molecule has 1 N–H and O–H groups in total. The Balaban J connectivity index is 2.28. The summed E-state index contributed by atoms with van der Waals surface area (Å²) in [5, 5.41) is 20.8. The molecular weight excluding hydrogens is 240 g/mol. The highest BCUT2D eigenvalue weighted by molar-refractivity contribution is 5.97. The van der Waals surface area contributed by atoms with Crippen molar-refractivity contribution in [2.45, 2.75) is 18.9 Å². The largest absolute Gasteiger partial charge is 0.311 e. The lowest BCUT2D eigenvalue weighted by molar-refractivity contribution is -0.120. The first kappa shape index (κ1) is 13.1. The fourth-order valence-corrected chi connectivity index (χ4v) is 2.15. The number of nitrogens with zero attached hydrogens (tertiary/aromatic N) is 3. The monoisotopic (exact) mass is 254 g/mol. The molecule has 1 unspecified atom stereocenters. The lowest BCUT2D eigenvalue weighted by Gasteiger charge is -2.23. The van der Waals surface area contributed by atoms with Crippen molar-refractivity contribution in [3.05, 3.63) is 29.8 Å². The maximum atomic E-state index is 12.4. The topological polar surface area (TPSA) is 79.9 Å². The maximum absolute atomic E-state index is 12.4.